The van der Waals surface area contributed by atoms with Crippen molar-refractivity contribution in [2.24, 2.45) is 0 Å². The van der Waals surface area contributed by atoms with Crippen LogP contribution in [0.5, 0.6) is 0 Å². The second-order valence-corrected chi connectivity index (χ2v) is 5.89. The minimum atomic E-state index is -0.542. The highest BCUT2D eigenvalue weighted by Gasteiger charge is 2.16. The zero-order chi connectivity index (χ0) is 15.9. The van der Waals surface area contributed by atoms with Gasteiger partial charge in [-0.15, -0.1) is 0 Å². The third-order valence-corrected chi connectivity index (χ3v) is 4.07. The predicted molar refractivity (Wildman–Crippen MR) is 92.8 cm³/mol. The molecule has 0 aliphatic rings. The molecule has 0 spiro atoms. The average Bonchev–Trinajstić information content (AvgIpc) is 2.54. The summed E-state index contributed by atoms with van der Waals surface area (Å²) < 4.78 is 0. The molecule has 0 aliphatic carbocycles. The van der Waals surface area contributed by atoms with Crippen molar-refractivity contribution < 1.29 is 5.11 Å². The average molecular weight is 298 g/mol. The molecular formula is C19H26N2O. The fourth-order valence-corrected chi connectivity index (χ4v) is 2.51. The number of anilines is 1. The summed E-state index contributed by atoms with van der Waals surface area (Å²) in [4.78, 5) is 0. The Morgan fingerprint density at radius 3 is 2.55 bits per heavy atom. The Labute approximate surface area is 133 Å². The van der Waals surface area contributed by atoms with Gasteiger partial charge in [0.1, 0.15) is 0 Å². The number of aliphatic hydroxyl groups excluding tert-OH is 1. The van der Waals surface area contributed by atoms with E-state index in [2.05, 4.69) is 29.6 Å². The monoisotopic (exact) mass is 298 g/mol. The number of hydrogen-bond donors (Lipinski definition) is 3. The van der Waals surface area contributed by atoms with Crippen molar-refractivity contribution in [2.75, 3.05) is 12.3 Å². The fourth-order valence-electron chi connectivity index (χ4n) is 2.51. The van der Waals surface area contributed by atoms with Gasteiger partial charge in [0.2, 0.25) is 0 Å². The van der Waals surface area contributed by atoms with Gasteiger partial charge in [-0.05, 0) is 56.0 Å². The lowest BCUT2D eigenvalue weighted by molar-refractivity contribution is 0.136. The van der Waals surface area contributed by atoms with E-state index in [1.54, 1.807) is 0 Å². The van der Waals surface area contributed by atoms with E-state index in [0.717, 1.165) is 36.2 Å². The van der Waals surface area contributed by atoms with Gasteiger partial charge in [0, 0.05) is 11.7 Å². The first kappa shape index (κ1) is 16.5. The third-order valence-electron chi connectivity index (χ3n) is 4.07. The maximum Gasteiger partial charge on any atom is 0.0941 e. The van der Waals surface area contributed by atoms with Crippen molar-refractivity contribution in [3.63, 3.8) is 0 Å². The third kappa shape index (κ3) is 4.58. The smallest absolute Gasteiger partial charge is 0.0941 e. The lowest BCUT2D eigenvalue weighted by atomic mass is 10.0. The lowest BCUT2D eigenvalue weighted by Crippen LogP contribution is -2.33. The van der Waals surface area contributed by atoms with E-state index in [0.29, 0.717) is 0 Å². The molecule has 0 bridgehead atoms. The van der Waals surface area contributed by atoms with Crippen LogP contribution in [-0.2, 0) is 6.42 Å². The summed E-state index contributed by atoms with van der Waals surface area (Å²) in [6.07, 6.45) is 1.56. The van der Waals surface area contributed by atoms with Crippen LogP contribution in [0.2, 0.25) is 0 Å². The van der Waals surface area contributed by atoms with Gasteiger partial charge in [-0.25, -0.2) is 0 Å². The second-order valence-electron chi connectivity index (χ2n) is 5.89. The van der Waals surface area contributed by atoms with E-state index in [1.165, 1.54) is 5.56 Å². The molecule has 2 unspecified atom stereocenters. The maximum absolute atomic E-state index is 10.4. The van der Waals surface area contributed by atoms with Crippen molar-refractivity contribution in [3.8, 4) is 0 Å². The van der Waals surface area contributed by atoms with Gasteiger partial charge in [-0.2, -0.15) is 0 Å². The van der Waals surface area contributed by atoms with Crippen molar-refractivity contribution in [2.45, 2.75) is 38.8 Å². The Morgan fingerprint density at radius 1 is 1.14 bits per heavy atom. The van der Waals surface area contributed by atoms with Crippen LogP contribution in [0.4, 0.5) is 5.69 Å². The molecule has 0 aromatic heterocycles. The number of benzene rings is 2. The topological polar surface area (TPSA) is 58.3 Å². The van der Waals surface area contributed by atoms with Gasteiger partial charge in [-0.1, -0.05) is 42.5 Å². The standard InChI is InChI=1S/C19H26N2O/c1-14-10-11-17(13-18(14)20)19(22)15(2)21-12-6-9-16-7-4-3-5-8-16/h3-5,7-8,10-11,13,15,19,21-22H,6,9,12,20H2,1-2H3. The quantitative estimate of drug-likeness (QED) is 0.543. The van der Waals surface area contributed by atoms with Gasteiger partial charge in [0.25, 0.3) is 0 Å². The van der Waals surface area contributed by atoms with Crippen LogP contribution in [0.15, 0.2) is 48.5 Å². The number of hydrogen-bond acceptors (Lipinski definition) is 3. The molecule has 0 heterocycles. The van der Waals surface area contributed by atoms with Crippen LogP contribution in [0.25, 0.3) is 0 Å². The Morgan fingerprint density at radius 2 is 1.86 bits per heavy atom. The number of nitrogens with one attached hydrogen (secondary N) is 1. The molecule has 2 atom stereocenters. The molecule has 3 heteroatoms. The minimum absolute atomic E-state index is 0.00196. The fraction of sp³-hybridized carbons (Fsp3) is 0.368. The van der Waals surface area contributed by atoms with Crippen molar-refractivity contribution in [3.05, 3.63) is 65.2 Å². The summed E-state index contributed by atoms with van der Waals surface area (Å²) in [6.45, 7) is 4.86. The molecule has 0 saturated carbocycles. The SMILES string of the molecule is Cc1ccc(C(O)C(C)NCCCc2ccccc2)cc1N. The first-order valence-corrected chi connectivity index (χ1v) is 7.89. The van der Waals surface area contributed by atoms with E-state index in [-0.39, 0.29) is 6.04 Å². The van der Waals surface area contributed by atoms with E-state index < -0.39 is 6.10 Å². The van der Waals surface area contributed by atoms with Crippen LogP contribution >= 0.6 is 0 Å². The first-order chi connectivity index (χ1) is 10.6. The molecule has 4 N–H and O–H groups in total. The van der Waals surface area contributed by atoms with Crippen molar-refractivity contribution in [1.82, 2.24) is 5.32 Å². The highest BCUT2D eigenvalue weighted by atomic mass is 16.3. The number of nitrogens with two attached hydrogens (primary N) is 1. The second kappa shape index (κ2) is 7.97. The highest BCUT2D eigenvalue weighted by molar-refractivity contribution is 5.48. The Hall–Kier alpha value is -1.84. The van der Waals surface area contributed by atoms with Crippen LogP contribution in [0, 0.1) is 6.92 Å². The molecule has 0 amide bonds. The summed E-state index contributed by atoms with van der Waals surface area (Å²) in [5, 5.41) is 13.8. The van der Waals surface area contributed by atoms with Gasteiger partial charge < -0.3 is 16.2 Å². The highest BCUT2D eigenvalue weighted by Crippen LogP contribution is 2.21. The molecule has 2 aromatic carbocycles. The summed E-state index contributed by atoms with van der Waals surface area (Å²) in [5.74, 6) is 0. The maximum atomic E-state index is 10.4. The molecule has 0 saturated heterocycles. The summed E-state index contributed by atoms with van der Waals surface area (Å²) in [5.41, 5.74) is 9.90. The van der Waals surface area contributed by atoms with Gasteiger partial charge in [0.05, 0.1) is 6.10 Å². The molecule has 2 rings (SSSR count). The molecule has 2 aromatic rings. The summed E-state index contributed by atoms with van der Waals surface area (Å²) in [6, 6.07) is 16.2. The van der Waals surface area contributed by atoms with Gasteiger partial charge in [0.15, 0.2) is 0 Å². The largest absolute Gasteiger partial charge is 0.399 e. The van der Waals surface area contributed by atoms with E-state index >= 15 is 0 Å². The Bertz CT molecular complexity index is 583. The van der Waals surface area contributed by atoms with Gasteiger partial charge >= 0.3 is 0 Å². The van der Waals surface area contributed by atoms with Gasteiger partial charge in [-0.3, -0.25) is 0 Å². The number of aryl methyl sites for hydroxylation is 2. The first-order valence-electron chi connectivity index (χ1n) is 7.89. The molecule has 0 aliphatic heterocycles. The summed E-state index contributed by atoms with van der Waals surface area (Å²) >= 11 is 0. The molecule has 22 heavy (non-hydrogen) atoms. The number of rotatable bonds is 7. The molecule has 118 valence electrons. The molecule has 0 radical (unpaired) electrons. The predicted octanol–water partition coefficient (Wildman–Crippen LogP) is 3.22. The van der Waals surface area contributed by atoms with Crippen molar-refractivity contribution >= 4 is 5.69 Å². The van der Waals surface area contributed by atoms with Crippen molar-refractivity contribution in [1.29, 1.82) is 0 Å². The normalized spacial score (nSPS) is 13.8. The zero-order valence-corrected chi connectivity index (χ0v) is 13.4. The van der Waals surface area contributed by atoms with Crippen LogP contribution in [0.3, 0.4) is 0 Å². The van der Waals surface area contributed by atoms with Crippen LogP contribution in [-0.4, -0.2) is 17.7 Å². The Kier molecular flexibility index (Phi) is 5.99. The van der Waals surface area contributed by atoms with E-state index in [4.69, 9.17) is 5.73 Å². The summed E-state index contributed by atoms with van der Waals surface area (Å²) in [7, 11) is 0. The minimum Gasteiger partial charge on any atom is -0.399 e. The molecular weight excluding hydrogens is 272 g/mol. The lowest BCUT2D eigenvalue weighted by Gasteiger charge is -2.21. The van der Waals surface area contributed by atoms with E-state index in [9.17, 15) is 5.11 Å². The number of nitrogen functional groups attached to an aromatic ring is 1. The van der Waals surface area contributed by atoms with E-state index in [1.807, 2.05) is 38.1 Å². The Balaban J connectivity index is 1.78. The van der Waals surface area contributed by atoms with Crippen LogP contribution < -0.4 is 11.1 Å². The molecule has 3 nitrogen and oxygen atoms in total. The zero-order valence-electron chi connectivity index (χ0n) is 13.4. The number of aliphatic hydroxyl groups is 1. The molecule has 0 fully saturated rings. The van der Waals surface area contributed by atoms with Crippen LogP contribution in [0.1, 0.15) is 36.1 Å².